The number of nitrogens with zero attached hydrogens (tertiary/aromatic N) is 2. The number of rotatable bonds is 4. The fourth-order valence-corrected chi connectivity index (χ4v) is 1.16. The maximum absolute atomic E-state index is 8.60. The molecule has 2 aromatic rings. The van der Waals surface area contributed by atoms with Gasteiger partial charge in [0.15, 0.2) is 0 Å². The van der Waals surface area contributed by atoms with Crippen LogP contribution < -0.4 is 5.32 Å². The summed E-state index contributed by atoms with van der Waals surface area (Å²) < 4.78 is 5.04. The van der Waals surface area contributed by atoms with E-state index in [1.807, 2.05) is 30.3 Å². The van der Waals surface area contributed by atoms with E-state index in [0.29, 0.717) is 18.4 Å². The molecule has 0 aliphatic heterocycles. The molecule has 0 bridgehead atoms. The number of aliphatic hydroxyl groups excluding tert-OH is 1. The third-order valence-electron chi connectivity index (χ3n) is 1.84. The van der Waals surface area contributed by atoms with Gasteiger partial charge >= 0.3 is 0 Å². The lowest BCUT2D eigenvalue weighted by atomic mass is 10.2. The maximum atomic E-state index is 8.60. The lowest BCUT2D eigenvalue weighted by Gasteiger charge is -1.94. The molecule has 5 nitrogen and oxygen atoms in total. The highest BCUT2D eigenvalue weighted by Crippen LogP contribution is 2.17. The standard InChI is InChI=1S/C10H11N3O2/c14-7-6-11-10-12-9(15-13-10)8-4-2-1-3-5-8/h1-5,14H,6-7H2,(H,11,13). The van der Waals surface area contributed by atoms with Crippen molar-refractivity contribution in [3.63, 3.8) is 0 Å². The molecule has 15 heavy (non-hydrogen) atoms. The Kier molecular flexibility index (Phi) is 2.94. The van der Waals surface area contributed by atoms with Crippen molar-refractivity contribution >= 4 is 5.95 Å². The Labute approximate surface area is 86.7 Å². The van der Waals surface area contributed by atoms with E-state index in [4.69, 9.17) is 9.63 Å². The normalized spacial score (nSPS) is 10.2. The van der Waals surface area contributed by atoms with Crippen molar-refractivity contribution < 1.29 is 9.63 Å². The van der Waals surface area contributed by atoms with Crippen molar-refractivity contribution in [2.24, 2.45) is 0 Å². The number of hydrogen-bond acceptors (Lipinski definition) is 5. The third-order valence-corrected chi connectivity index (χ3v) is 1.84. The van der Waals surface area contributed by atoms with Gasteiger partial charge in [-0.25, -0.2) is 0 Å². The first-order valence-corrected chi connectivity index (χ1v) is 4.64. The van der Waals surface area contributed by atoms with Gasteiger partial charge in [-0.2, -0.15) is 4.98 Å². The van der Waals surface area contributed by atoms with Gasteiger partial charge in [0, 0.05) is 12.1 Å². The summed E-state index contributed by atoms with van der Waals surface area (Å²) in [4.78, 5) is 4.12. The molecule has 78 valence electrons. The maximum Gasteiger partial charge on any atom is 0.263 e. The van der Waals surface area contributed by atoms with Crippen LogP contribution in [0.25, 0.3) is 11.5 Å². The fourth-order valence-electron chi connectivity index (χ4n) is 1.16. The van der Waals surface area contributed by atoms with Gasteiger partial charge in [-0.1, -0.05) is 18.2 Å². The Balaban J connectivity index is 2.14. The Morgan fingerprint density at radius 2 is 2.07 bits per heavy atom. The van der Waals surface area contributed by atoms with Crippen LogP contribution in [0.4, 0.5) is 5.95 Å². The monoisotopic (exact) mass is 205 g/mol. The van der Waals surface area contributed by atoms with Crippen LogP contribution in [0.2, 0.25) is 0 Å². The fraction of sp³-hybridized carbons (Fsp3) is 0.200. The predicted molar refractivity (Wildman–Crippen MR) is 55.3 cm³/mol. The SMILES string of the molecule is OCCNc1noc(-c2ccccc2)n1. The van der Waals surface area contributed by atoms with Crippen LogP contribution in [0.5, 0.6) is 0 Å². The number of anilines is 1. The zero-order valence-corrected chi connectivity index (χ0v) is 8.05. The molecule has 1 heterocycles. The van der Waals surface area contributed by atoms with Crippen molar-refractivity contribution in [3.8, 4) is 11.5 Å². The molecule has 0 aliphatic rings. The number of benzene rings is 1. The second-order valence-electron chi connectivity index (χ2n) is 2.94. The second-order valence-corrected chi connectivity index (χ2v) is 2.94. The van der Waals surface area contributed by atoms with E-state index in [9.17, 15) is 0 Å². The summed E-state index contributed by atoms with van der Waals surface area (Å²) >= 11 is 0. The molecule has 0 atom stereocenters. The lowest BCUT2D eigenvalue weighted by Crippen LogP contribution is -2.06. The molecule has 0 fully saturated rings. The summed E-state index contributed by atoms with van der Waals surface area (Å²) in [6.45, 7) is 0.447. The Hall–Kier alpha value is -1.88. The van der Waals surface area contributed by atoms with Gasteiger partial charge in [-0.05, 0) is 17.3 Å². The van der Waals surface area contributed by atoms with Crippen LogP contribution in [-0.4, -0.2) is 28.4 Å². The minimum atomic E-state index is 0.0369. The number of hydrogen-bond donors (Lipinski definition) is 2. The Morgan fingerprint density at radius 1 is 1.27 bits per heavy atom. The third kappa shape index (κ3) is 2.32. The van der Waals surface area contributed by atoms with E-state index >= 15 is 0 Å². The first kappa shape index (κ1) is 9.67. The minimum Gasteiger partial charge on any atom is -0.395 e. The molecular formula is C10H11N3O2. The summed E-state index contributed by atoms with van der Waals surface area (Å²) in [6.07, 6.45) is 0. The van der Waals surface area contributed by atoms with Crippen LogP contribution in [0.15, 0.2) is 34.9 Å². The van der Waals surface area contributed by atoms with Gasteiger partial charge in [0.2, 0.25) is 0 Å². The van der Waals surface area contributed by atoms with Crippen molar-refractivity contribution in [1.29, 1.82) is 0 Å². The van der Waals surface area contributed by atoms with Crippen LogP contribution >= 0.6 is 0 Å². The highest BCUT2D eigenvalue weighted by atomic mass is 16.5. The van der Waals surface area contributed by atoms with Gasteiger partial charge in [0.1, 0.15) is 0 Å². The largest absolute Gasteiger partial charge is 0.395 e. The van der Waals surface area contributed by atoms with Crippen molar-refractivity contribution in [2.45, 2.75) is 0 Å². The van der Waals surface area contributed by atoms with Gasteiger partial charge < -0.3 is 14.9 Å². The van der Waals surface area contributed by atoms with E-state index in [0.717, 1.165) is 5.56 Å². The molecule has 0 spiro atoms. The van der Waals surface area contributed by atoms with Crippen molar-refractivity contribution in [3.05, 3.63) is 30.3 Å². The molecule has 5 heteroatoms. The Morgan fingerprint density at radius 3 is 2.80 bits per heavy atom. The molecule has 0 saturated carbocycles. The quantitative estimate of drug-likeness (QED) is 0.783. The zero-order chi connectivity index (χ0) is 10.5. The molecule has 1 aromatic heterocycles. The van der Waals surface area contributed by atoms with Crippen molar-refractivity contribution in [2.75, 3.05) is 18.5 Å². The zero-order valence-electron chi connectivity index (χ0n) is 8.05. The molecule has 0 radical (unpaired) electrons. The number of aromatic nitrogens is 2. The Bertz CT molecular complexity index is 414. The molecule has 2 rings (SSSR count). The topological polar surface area (TPSA) is 71.2 Å². The molecule has 1 aromatic carbocycles. The highest BCUT2D eigenvalue weighted by molar-refractivity contribution is 5.53. The smallest absolute Gasteiger partial charge is 0.263 e. The summed E-state index contributed by atoms with van der Waals surface area (Å²) in [5.74, 6) is 0.860. The summed E-state index contributed by atoms with van der Waals surface area (Å²) in [5.41, 5.74) is 0.877. The first-order valence-electron chi connectivity index (χ1n) is 4.64. The summed E-state index contributed by atoms with van der Waals surface area (Å²) in [7, 11) is 0. The van der Waals surface area contributed by atoms with Gasteiger partial charge in [-0.3, -0.25) is 0 Å². The lowest BCUT2D eigenvalue weighted by molar-refractivity contribution is 0.310. The second kappa shape index (κ2) is 4.56. The predicted octanol–water partition coefficient (Wildman–Crippen LogP) is 1.14. The van der Waals surface area contributed by atoms with E-state index in [-0.39, 0.29) is 6.61 Å². The van der Waals surface area contributed by atoms with E-state index in [2.05, 4.69) is 15.5 Å². The van der Waals surface area contributed by atoms with Gasteiger partial charge in [-0.15, -0.1) is 0 Å². The molecule has 0 aliphatic carbocycles. The average Bonchev–Trinajstić information content (AvgIpc) is 2.76. The average molecular weight is 205 g/mol. The number of nitrogens with one attached hydrogen (secondary N) is 1. The van der Waals surface area contributed by atoms with E-state index in [1.165, 1.54) is 0 Å². The van der Waals surface area contributed by atoms with Gasteiger partial charge in [0.05, 0.1) is 6.61 Å². The van der Waals surface area contributed by atoms with Crippen molar-refractivity contribution in [1.82, 2.24) is 10.1 Å². The van der Waals surface area contributed by atoms with E-state index in [1.54, 1.807) is 0 Å². The molecule has 2 N–H and O–H groups in total. The minimum absolute atomic E-state index is 0.0369. The molecular weight excluding hydrogens is 194 g/mol. The summed E-state index contributed by atoms with van der Waals surface area (Å²) in [5, 5.41) is 15.1. The molecule has 0 amide bonds. The van der Waals surface area contributed by atoms with Crippen LogP contribution in [-0.2, 0) is 0 Å². The van der Waals surface area contributed by atoms with Gasteiger partial charge in [0.25, 0.3) is 11.8 Å². The molecule has 0 unspecified atom stereocenters. The highest BCUT2D eigenvalue weighted by Gasteiger charge is 2.06. The van der Waals surface area contributed by atoms with Crippen LogP contribution in [0.3, 0.4) is 0 Å². The summed E-state index contributed by atoms with van der Waals surface area (Å²) in [6, 6.07) is 9.51. The number of aliphatic hydroxyl groups is 1. The van der Waals surface area contributed by atoms with Crippen LogP contribution in [0.1, 0.15) is 0 Å². The first-order chi connectivity index (χ1) is 7.40. The molecule has 0 saturated heterocycles. The van der Waals surface area contributed by atoms with Crippen LogP contribution in [0, 0.1) is 0 Å². The van der Waals surface area contributed by atoms with E-state index < -0.39 is 0 Å².